The molecule has 0 radical (unpaired) electrons. The second kappa shape index (κ2) is 6.35. The van der Waals surface area contributed by atoms with Gasteiger partial charge in [0.05, 0.1) is 12.6 Å². The molecule has 2 N–H and O–H groups in total. The zero-order valence-electron chi connectivity index (χ0n) is 11.5. The summed E-state index contributed by atoms with van der Waals surface area (Å²) in [5.74, 6) is 1.51. The number of aliphatic hydroxyl groups excluding tert-OH is 1. The molecule has 100 valence electrons. The average Bonchev–Trinajstić information content (AvgIpc) is 2.41. The SMILES string of the molecule is CC1CCC(C)C(N[C@H](CO)c2ccccc2)C1. The summed E-state index contributed by atoms with van der Waals surface area (Å²) in [5.41, 5.74) is 1.19. The zero-order chi connectivity index (χ0) is 13.0. The van der Waals surface area contributed by atoms with Crippen molar-refractivity contribution in [3.8, 4) is 0 Å². The van der Waals surface area contributed by atoms with Gasteiger partial charge in [-0.3, -0.25) is 0 Å². The largest absolute Gasteiger partial charge is 0.394 e. The van der Waals surface area contributed by atoms with Gasteiger partial charge in [-0.2, -0.15) is 0 Å². The van der Waals surface area contributed by atoms with Gasteiger partial charge in [0.2, 0.25) is 0 Å². The molecule has 4 atom stereocenters. The smallest absolute Gasteiger partial charge is 0.0626 e. The Morgan fingerprint density at radius 3 is 2.61 bits per heavy atom. The van der Waals surface area contributed by atoms with Crippen LogP contribution >= 0.6 is 0 Å². The molecule has 0 saturated heterocycles. The van der Waals surface area contributed by atoms with Crippen LogP contribution in [-0.2, 0) is 0 Å². The minimum Gasteiger partial charge on any atom is -0.394 e. The molecule has 0 aliphatic heterocycles. The lowest BCUT2D eigenvalue weighted by molar-refractivity contribution is 0.176. The number of aliphatic hydroxyl groups is 1. The van der Waals surface area contributed by atoms with Crippen LogP contribution in [-0.4, -0.2) is 17.8 Å². The third-order valence-electron chi connectivity index (χ3n) is 4.26. The van der Waals surface area contributed by atoms with E-state index in [1.54, 1.807) is 0 Å². The van der Waals surface area contributed by atoms with Crippen molar-refractivity contribution in [1.29, 1.82) is 0 Å². The van der Waals surface area contributed by atoms with E-state index < -0.39 is 0 Å². The molecule has 0 aromatic heterocycles. The van der Waals surface area contributed by atoms with Crippen LogP contribution in [0.15, 0.2) is 30.3 Å². The molecular weight excluding hydrogens is 222 g/mol. The predicted molar refractivity (Wildman–Crippen MR) is 75.4 cm³/mol. The number of benzene rings is 1. The van der Waals surface area contributed by atoms with Crippen molar-refractivity contribution in [1.82, 2.24) is 5.32 Å². The summed E-state index contributed by atoms with van der Waals surface area (Å²) in [6, 6.07) is 10.9. The lowest BCUT2D eigenvalue weighted by Gasteiger charge is -2.36. The highest BCUT2D eigenvalue weighted by atomic mass is 16.3. The van der Waals surface area contributed by atoms with Gasteiger partial charge in [-0.25, -0.2) is 0 Å². The highest BCUT2D eigenvalue weighted by Crippen LogP contribution is 2.30. The lowest BCUT2D eigenvalue weighted by Crippen LogP contribution is -2.42. The Labute approximate surface area is 110 Å². The van der Waals surface area contributed by atoms with Crippen molar-refractivity contribution < 1.29 is 5.11 Å². The van der Waals surface area contributed by atoms with Crippen molar-refractivity contribution in [2.24, 2.45) is 11.8 Å². The topological polar surface area (TPSA) is 32.3 Å². The summed E-state index contributed by atoms with van der Waals surface area (Å²) in [4.78, 5) is 0. The van der Waals surface area contributed by atoms with Gasteiger partial charge in [0.15, 0.2) is 0 Å². The normalized spacial score (nSPS) is 30.1. The Morgan fingerprint density at radius 2 is 1.94 bits per heavy atom. The Balaban J connectivity index is 2.01. The summed E-state index contributed by atoms with van der Waals surface area (Å²) >= 11 is 0. The number of hydrogen-bond donors (Lipinski definition) is 2. The van der Waals surface area contributed by atoms with Gasteiger partial charge < -0.3 is 10.4 Å². The van der Waals surface area contributed by atoms with E-state index in [2.05, 4.69) is 31.3 Å². The van der Waals surface area contributed by atoms with E-state index in [0.717, 1.165) is 5.92 Å². The van der Waals surface area contributed by atoms with Crippen LogP contribution in [0.5, 0.6) is 0 Å². The second-order valence-corrected chi connectivity index (χ2v) is 5.81. The van der Waals surface area contributed by atoms with E-state index in [4.69, 9.17) is 0 Å². The Kier molecular flexibility index (Phi) is 4.79. The van der Waals surface area contributed by atoms with Crippen molar-refractivity contribution in [3.63, 3.8) is 0 Å². The van der Waals surface area contributed by atoms with Crippen LogP contribution in [0.25, 0.3) is 0 Å². The highest BCUT2D eigenvalue weighted by molar-refractivity contribution is 5.19. The average molecular weight is 247 g/mol. The maximum atomic E-state index is 9.60. The minimum atomic E-state index is 0.0731. The van der Waals surface area contributed by atoms with Gasteiger partial charge >= 0.3 is 0 Å². The first-order valence-electron chi connectivity index (χ1n) is 7.12. The molecule has 0 heterocycles. The first-order valence-corrected chi connectivity index (χ1v) is 7.12. The van der Waals surface area contributed by atoms with Crippen molar-refractivity contribution in [2.45, 2.75) is 45.2 Å². The van der Waals surface area contributed by atoms with Crippen LogP contribution in [0.4, 0.5) is 0 Å². The molecule has 1 aliphatic carbocycles. The first kappa shape index (κ1) is 13.6. The van der Waals surface area contributed by atoms with Crippen LogP contribution in [0.3, 0.4) is 0 Å². The van der Waals surface area contributed by atoms with E-state index in [1.165, 1.54) is 24.8 Å². The molecule has 1 aromatic rings. The van der Waals surface area contributed by atoms with Gasteiger partial charge in [-0.05, 0) is 30.2 Å². The summed E-state index contributed by atoms with van der Waals surface area (Å²) in [6.45, 7) is 4.82. The van der Waals surface area contributed by atoms with E-state index >= 15 is 0 Å². The third kappa shape index (κ3) is 3.33. The van der Waals surface area contributed by atoms with Crippen molar-refractivity contribution in [3.05, 3.63) is 35.9 Å². The summed E-state index contributed by atoms with van der Waals surface area (Å²) in [7, 11) is 0. The zero-order valence-corrected chi connectivity index (χ0v) is 11.5. The Bertz CT molecular complexity index is 351. The van der Waals surface area contributed by atoms with Crippen LogP contribution in [0, 0.1) is 11.8 Å². The first-order chi connectivity index (χ1) is 8.70. The van der Waals surface area contributed by atoms with E-state index in [9.17, 15) is 5.11 Å². The van der Waals surface area contributed by atoms with Gasteiger partial charge in [0.1, 0.15) is 0 Å². The molecule has 0 bridgehead atoms. The molecule has 3 unspecified atom stereocenters. The van der Waals surface area contributed by atoms with Gasteiger partial charge in [0.25, 0.3) is 0 Å². The standard InChI is InChI=1S/C16H25NO/c1-12-8-9-13(2)15(10-12)17-16(11-18)14-6-4-3-5-7-14/h3-7,12-13,15-18H,8-11H2,1-2H3/t12?,13?,15?,16-/m1/s1. The summed E-state index contributed by atoms with van der Waals surface area (Å²) < 4.78 is 0. The molecule has 2 nitrogen and oxygen atoms in total. The van der Waals surface area contributed by atoms with Gasteiger partial charge in [-0.15, -0.1) is 0 Å². The monoisotopic (exact) mass is 247 g/mol. The van der Waals surface area contributed by atoms with E-state index in [1.807, 2.05) is 18.2 Å². The third-order valence-corrected chi connectivity index (χ3v) is 4.26. The molecule has 2 rings (SSSR count). The second-order valence-electron chi connectivity index (χ2n) is 5.81. The maximum Gasteiger partial charge on any atom is 0.0626 e. The van der Waals surface area contributed by atoms with E-state index in [-0.39, 0.29) is 12.6 Å². The maximum absolute atomic E-state index is 9.60. The molecule has 2 heteroatoms. The predicted octanol–water partition coefficient (Wildman–Crippen LogP) is 3.13. The van der Waals surface area contributed by atoms with Crippen molar-refractivity contribution >= 4 is 0 Å². The van der Waals surface area contributed by atoms with Crippen LogP contribution in [0.1, 0.15) is 44.7 Å². The molecule has 18 heavy (non-hydrogen) atoms. The van der Waals surface area contributed by atoms with Gasteiger partial charge in [-0.1, -0.05) is 50.6 Å². The number of hydrogen-bond acceptors (Lipinski definition) is 2. The minimum absolute atomic E-state index is 0.0731. The fourth-order valence-corrected chi connectivity index (χ4v) is 2.96. The molecule has 0 amide bonds. The molecule has 1 saturated carbocycles. The molecular formula is C16H25NO. The Hall–Kier alpha value is -0.860. The van der Waals surface area contributed by atoms with E-state index in [0.29, 0.717) is 12.0 Å². The Morgan fingerprint density at radius 1 is 1.22 bits per heavy atom. The fourth-order valence-electron chi connectivity index (χ4n) is 2.96. The molecule has 0 spiro atoms. The highest BCUT2D eigenvalue weighted by Gasteiger charge is 2.27. The quantitative estimate of drug-likeness (QED) is 0.856. The lowest BCUT2D eigenvalue weighted by atomic mass is 9.79. The van der Waals surface area contributed by atoms with Gasteiger partial charge in [0, 0.05) is 6.04 Å². The molecule has 1 fully saturated rings. The number of nitrogens with one attached hydrogen (secondary N) is 1. The van der Waals surface area contributed by atoms with Crippen LogP contribution in [0.2, 0.25) is 0 Å². The molecule has 1 aliphatic rings. The van der Waals surface area contributed by atoms with Crippen molar-refractivity contribution in [2.75, 3.05) is 6.61 Å². The van der Waals surface area contributed by atoms with Crippen LogP contribution < -0.4 is 5.32 Å². The molecule has 1 aromatic carbocycles. The summed E-state index contributed by atoms with van der Waals surface area (Å²) in [5, 5.41) is 13.3. The fraction of sp³-hybridized carbons (Fsp3) is 0.625. The summed E-state index contributed by atoms with van der Waals surface area (Å²) in [6.07, 6.45) is 3.87. The number of rotatable bonds is 4.